The third-order valence-corrected chi connectivity index (χ3v) is 8.45. The van der Waals surface area contributed by atoms with Gasteiger partial charge in [-0.2, -0.15) is 4.99 Å². The third kappa shape index (κ3) is 8.12. The van der Waals surface area contributed by atoms with Gasteiger partial charge < -0.3 is 14.8 Å². The number of methoxy groups -OCH3 is 1. The van der Waals surface area contributed by atoms with E-state index in [9.17, 15) is 22.8 Å². The van der Waals surface area contributed by atoms with Gasteiger partial charge in [0.1, 0.15) is 17.8 Å². The van der Waals surface area contributed by atoms with E-state index in [0.717, 1.165) is 23.1 Å². The van der Waals surface area contributed by atoms with E-state index in [0.29, 0.717) is 34.7 Å². The molecule has 10 nitrogen and oxygen atoms in total. The molecule has 0 radical (unpaired) electrons. The van der Waals surface area contributed by atoms with Crippen LogP contribution in [0.2, 0.25) is 0 Å². The van der Waals surface area contributed by atoms with Gasteiger partial charge in [0.2, 0.25) is 5.91 Å². The van der Waals surface area contributed by atoms with Crippen molar-refractivity contribution in [3.63, 3.8) is 0 Å². The van der Waals surface area contributed by atoms with Crippen LogP contribution in [0.4, 0.5) is 23.7 Å². The van der Waals surface area contributed by atoms with Gasteiger partial charge in [0.05, 0.1) is 24.2 Å². The number of nitrogens with one attached hydrogen (secondary N) is 1. The van der Waals surface area contributed by atoms with Crippen LogP contribution in [0.1, 0.15) is 50.2 Å². The number of halogens is 3. The number of aromatic nitrogens is 3. The summed E-state index contributed by atoms with van der Waals surface area (Å²) in [5, 5.41) is 7.66. The van der Waals surface area contributed by atoms with Gasteiger partial charge in [0, 0.05) is 24.1 Å². The highest BCUT2D eigenvalue weighted by Crippen LogP contribution is 2.36. The summed E-state index contributed by atoms with van der Waals surface area (Å²) >= 11 is 1.22. The van der Waals surface area contributed by atoms with E-state index in [1.165, 1.54) is 51.9 Å². The number of carbonyl (C=O) groups excluding carboxylic acids is 2. The number of alkyl halides is 3. The molecule has 246 valence electrons. The van der Waals surface area contributed by atoms with Gasteiger partial charge in [-0.05, 0) is 53.8 Å². The second-order valence-electron chi connectivity index (χ2n) is 11.0. The zero-order valence-corrected chi connectivity index (χ0v) is 26.9. The van der Waals surface area contributed by atoms with Crippen LogP contribution in [-0.4, -0.2) is 57.6 Å². The zero-order chi connectivity index (χ0) is 33.7. The molecule has 1 aromatic heterocycles. The summed E-state index contributed by atoms with van der Waals surface area (Å²) in [6, 6.07) is 18.0. The second kappa shape index (κ2) is 14.3. The molecule has 5 rings (SSSR count). The number of benzene rings is 3. The van der Waals surface area contributed by atoms with Gasteiger partial charge in [-0.3, -0.25) is 9.69 Å². The molecule has 0 saturated carbocycles. The number of urea groups is 1. The van der Waals surface area contributed by atoms with Crippen molar-refractivity contribution in [2.75, 3.05) is 24.3 Å². The second-order valence-corrected chi connectivity index (χ2v) is 11.9. The number of amidine groups is 1. The van der Waals surface area contributed by atoms with Crippen LogP contribution in [0.3, 0.4) is 0 Å². The zero-order valence-electron chi connectivity index (χ0n) is 26.1. The Balaban J connectivity index is 1.23. The fourth-order valence-corrected chi connectivity index (χ4v) is 5.93. The Bertz CT molecular complexity index is 1760. The van der Waals surface area contributed by atoms with Crippen LogP contribution in [0.25, 0.3) is 17.1 Å². The minimum absolute atomic E-state index is 0.00366. The summed E-state index contributed by atoms with van der Waals surface area (Å²) in [6.07, 6.45) is -2.54. The van der Waals surface area contributed by atoms with Gasteiger partial charge >= 0.3 is 12.4 Å². The highest BCUT2D eigenvalue weighted by atomic mass is 32.2. The van der Waals surface area contributed by atoms with Gasteiger partial charge in [0.25, 0.3) is 0 Å². The fraction of sp³-hybridized carbons (Fsp3) is 0.303. The molecule has 0 bridgehead atoms. The maximum absolute atomic E-state index is 13.0. The van der Waals surface area contributed by atoms with Crippen molar-refractivity contribution in [1.29, 1.82) is 0 Å². The summed E-state index contributed by atoms with van der Waals surface area (Å²) in [5.74, 6) is 0.874. The van der Waals surface area contributed by atoms with Crippen LogP contribution in [0.15, 0.2) is 78.0 Å². The first-order valence-corrected chi connectivity index (χ1v) is 15.8. The van der Waals surface area contributed by atoms with E-state index in [1.807, 2.05) is 57.2 Å². The van der Waals surface area contributed by atoms with E-state index >= 15 is 0 Å². The first-order chi connectivity index (χ1) is 22.5. The average Bonchev–Trinajstić information content (AvgIpc) is 3.68. The summed E-state index contributed by atoms with van der Waals surface area (Å²) in [4.78, 5) is 36.0. The molecule has 1 aliphatic heterocycles. The number of ether oxygens (including phenoxy) is 2. The van der Waals surface area contributed by atoms with Gasteiger partial charge in [-0.15, -0.1) is 18.3 Å². The van der Waals surface area contributed by atoms with E-state index in [4.69, 9.17) is 4.74 Å². The number of hydrogen-bond acceptors (Lipinski definition) is 7. The van der Waals surface area contributed by atoms with Crippen molar-refractivity contribution in [3.05, 3.63) is 84.2 Å². The Morgan fingerprint density at radius 1 is 1.06 bits per heavy atom. The minimum atomic E-state index is -4.76. The SMILES string of the molecule is CCC(CNC(=O)/N=C1\SCC(=O)N1c1cc(OC)ccc1C(C)C)c1ccc(-c2ncn(-c3ccc(OC(F)(F)F)cc3)n2)cc1. The summed E-state index contributed by atoms with van der Waals surface area (Å²) < 4.78 is 48.1. The molecular weight excluding hydrogens is 633 g/mol. The van der Waals surface area contributed by atoms with E-state index in [-0.39, 0.29) is 29.2 Å². The Labute approximate surface area is 274 Å². The van der Waals surface area contributed by atoms with Crippen molar-refractivity contribution in [2.24, 2.45) is 4.99 Å². The van der Waals surface area contributed by atoms with Crippen molar-refractivity contribution < 1.29 is 32.2 Å². The lowest BCUT2D eigenvalue weighted by atomic mass is 9.95. The van der Waals surface area contributed by atoms with Crippen LogP contribution in [-0.2, 0) is 4.79 Å². The van der Waals surface area contributed by atoms with Crippen LogP contribution < -0.4 is 19.7 Å². The molecule has 1 atom stereocenters. The molecule has 47 heavy (non-hydrogen) atoms. The maximum Gasteiger partial charge on any atom is 0.573 e. The molecule has 1 saturated heterocycles. The van der Waals surface area contributed by atoms with Crippen LogP contribution >= 0.6 is 11.8 Å². The predicted molar refractivity (Wildman–Crippen MR) is 174 cm³/mol. The quantitative estimate of drug-likeness (QED) is 0.189. The van der Waals surface area contributed by atoms with Gasteiger partial charge in [-0.25, -0.2) is 14.5 Å². The number of thioether (sulfide) groups is 1. The van der Waals surface area contributed by atoms with Crippen molar-refractivity contribution in [3.8, 4) is 28.6 Å². The number of anilines is 1. The predicted octanol–water partition coefficient (Wildman–Crippen LogP) is 7.30. The number of aliphatic imine (C=N–C) groups is 1. The number of rotatable bonds is 10. The summed E-state index contributed by atoms with van der Waals surface area (Å²) in [5.41, 5.74) is 3.86. The lowest BCUT2D eigenvalue weighted by Crippen LogP contribution is -2.33. The lowest BCUT2D eigenvalue weighted by molar-refractivity contribution is -0.274. The number of hydrogen-bond donors (Lipinski definition) is 1. The monoisotopic (exact) mass is 666 g/mol. The Morgan fingerprint density at radius 2 is 1.77 bits per heavy atom. The van der Waals surface area contributed by atoms with E-state index in [2.05, 4.69) is 25.1 Å². The molecule has 1 aliphatic rings. The molecule has 4 aromatic rings. The average molecular weight is 667 g/mol. The normalized spacial score (nSPS) is 14.9. The molecule has 3 amide bonds. The molecule has 14 heteroatoms. The Kier molecular flexibility index (Phi) is 10.2. The number of nitrogens with zero attached hydrogens (tertiary/aromatic N) is 5. The number of amides is 3. The van der Waals surface area contributed by atoms with Gasteiger partial charge in [0.15, 0.2) is 11.0 Å². The largest absolute Gasteiger partial charge is 0.573 e. The Morgan fingerprint density at radius 3 is 2.40 bits per heavy atom. The smallest absolute Gasteiger partial charge is 0.497 e. The maximum atomic E-state index is 13.0. The molecule has 3 aromatic carbocycles. The molecule has 0 spiro atoms. The summed E-state index contributed by atoms with van der Waals surface area (Å²) in [6.45, 7) is 6.42. The molecular formula is C33H33F3N6O4S. The van der Waals surface area contributed by atoms with Crippen molar-refractivity contribution >= 4 is 34.6 Å². The van der Waals surface area contributed by atoms with E-state index < -0.39 is 12.4 Å². The van der Waals surface area contributed by atoms with Crippen molar-refractivity contribution in [2.45, 2.75) is 45.4 Å². The number of carbonyl (C=O) groups is 2. The van der Waals surface area contributed by atoms with Crippen LogP contribution in [0.5, 0.6) is 11.5 Å². The Hall–Kier alpha value is -4.85. The highest BCUT2D eigenvalue weighted by Gasteiger charge is 2.33. The minimum Gasteiger partial charge on any atom is -0.497 e. The fourth-order valence-electron chi connectivity index (χ4n) is 5.07. The molecule has 1 N–H and O–H groups in total. The molecule has 1 unspecified atom stereocenters. The van der Waals surface area contributed by atoms with Crippen molar-refractivity contribution in [1.82, 2.24) is 20.1 Å². The molecule has 0 aliphatic carbocycles. The van der Waals surface area contributed by atoms with Crippen LogP contribution in [0, 0.1) is 0 Å². The van der Waals surface area contributed by atoms with E-state index in [1.54, 1.807) is 13.2 Å². The first kappa shape index (κ1) is 33.5. The third-order valence-electron chi connectivity index (χ3n) is 7.52. The summed E-state index contributed by atoms with van der Waals surface area (Å²) in [7, 11) is 1.56. The lowest BCUT2D eigenvalue weighted by Gasteiger charge is -2.22. The topological polar surface area (TPSA) is 111 Å². The first-order valence-electron chi connectivity index (χ1n) is 14.8. The molecule has 2 heterocycles. The standard InChI is InChI=1S/C33H33F3N6O4S/c1-5-21(17-37-31(44)39-32-42(29(43)18-47-32)28-16-26(45-4)14-15-27(28)20(2)3)22-6-8-23(9-7-22)30-38-19-41(40-30)24-10-12-25(13-11-24)46-33(34,35)36/h6-16,19-21H,5,17-18H2,1-4H3,(H,37,44)/b39-32-. The molecule has 1 fully saturated rings. The van der Waals surface area contributed by atoms with Gasteiger partial charge in [-0.1, -0.05) is 62.9 Å². The highest BCUT2D eigenvalue weighted by molar-refractivity contribution is 8.15.